The van der Waals surface area contributed by atoms with Crippen LogP contribution in [-0.2, 0) is 4.79 Å². The summed E-state index contributed by atoms with van der Waals surface area (Å²) in [7, 11) is 0. The Kier molecular flexibility index (Phi) is 5.78. The lowest BCUT2D eigenvalue weighted by Crippen LogP contribution is -2.35. The highest BCUT2D eigenvalue weighted by molar-refractivity contribution is 5.85. The van der Waals surface area contributed by atoms with Crippen LogP contribution in [0.5, 0.6) is 5.75 Å². The van der Waals surface area contributed by atoms with E-state index in [1.54, 1.807) is 6.08 Å². The van der Waals surface area contributed by atoms with E-state index in [1.165, 1.54) is 0 Å². The van der Waals surface area contributed by atoms with Gasteiger partial charge in [0.05, 0.1) is 6.61 Å². The van der Waals surface area contributed by atoms with Gasteiger partial charge in [0.1, 0.15) is 12.4 Å². The Balaban J connectivity index is 1.77. The maximum atomic E-state index is 10.4. The lowest BCUT2D eigenvalue weighted by Gasteiger charge is -2.22. The maximum Gasteiger partial charge on any atom is 0.328 e. The van der Waals surface area contributed by atoms with Gasteiger partial charge in [0.25, 0.3) is 0 Å². The second-order valence-electron chi connectivity index (χ2n) is 5.10. The Hall–Kier alpha value is -1.85. The molecule has 1 unspecified atom stereocenters. The van der Waals surface area contributed by atoms with E-state index in [1.807, 2.05) is 24.3 Å². The molecule has 21 heavy (non-hydrogen) atoms. The molecule has 1 fully saturated rings. The largest absolute Gasteiger partial charge is 0.492 e. The van der Waals surface area contributed by atoms with Crippen LogP contribution >= 0.6 is 0 Å². The predicted octanol–water partition coefficient (Wildman–Crippen LogP) is 1.62. The number of likely N-dealkylation sites (tertiary alicyclic amines) is 1. The lowest BCUT2D eigenvalue weighted by molar-refractivity contribution is -0.131. The van der Waals surface area contributed by atoms with Crippen LogP contribution in [0.4, 0.5) is 0 Å². The van der Waals surface area contributed by atoms with E-state index in [2.05, 4.69) is 4.90 Å². The molecule has 1 aliphatic rings. The molecule has 1 heterocycles. The minimum atomic E-state index is -0.959. The molecule has 0 radical (unpaired) electrons. The first-order valence-electron chi connectivity index (χ1n) is 7.18. The summed E-state index contributed by atoms with van der Waals surface area (Å²) in [6.45, 7) is 2.63. The summed E-state index contributed by atoms with van der Waals surface area (Å²) >= 11 is 0. The number of carboxylic acids is 1. The van der Waals surface area contributed by atoms with Crippen molar-refractivity contribution in [1.29, 1.82) is 0 Å². The highest BCUT2D eigenvalue weighted by Crippen LogP contribution is 2.17. The van der Waals surface area contributed by atoms with Crippen molar-refractivity contribution in [3.05, 3.63) is 35.9 Å². The van der Waals surface area contributed by atoms with Crippen LogP contribution in [0.25, 0.3) is 6.08 Å². The third kappa shape index (κ3) is 4.88. The fourth-order valence-corrected chi connectivity index (χ4v) is 2.52. The van der Waals surface area contributed by atoms with Crippen LogP contribution in [0.3, 0.4) is 0 Å². The average Bonchev–Trinajstić information content (AvgIpc) is 2.94. The number of aliphatic hydroxyl groups excluding tert-OH is 1. The number of carbonyl (C=O) groups is 1. The minimum Gasteiger partial charge on any atom is -0.492 e. The van der Waals surface area contributed by atoms with Gasteiger partial charge in [-0.15, -0.1) is 0 Å². The summed E-state index contributed by atoms with van der Waals surface area (Å²) in [6.07, 6.45) is 4.84. The Morgan fingerprint density at radius 2 is 2.14 bits per heavy atom. The second-order valence-corrected chi connectivity index (χ2v) is 5.10. The van der Waals surface area contributed by atoms with E-state index < -0.39 is 5.97 Å². The fourth-order valence-electron chi connectivity index (χ4n) is 2.52. The lowest BCUT2D eigenvalue weighted by atomic mass is 10.2. The van der Waals surface area contributed by atoms with E-state index in [4.69, 9.17) is 9.84 Å². The van der Waals surface area contributed by atoms with E-state index in [-0.39, 0.29) is 12.6 Å². The minimum absolute atomic E-state index is 0.213. The summed E-state index contributed by atoms with van der Waals surface area (Å²) in [6, 6.07) is 7.57. The quantitative estimate of drug-likeness (QED) is 0.747. The molecule has 0 aliphatic carbocycles. The van der Waals surface area contributed by atoms with Gasteiger partial charge in [-0.1, -0.05) is 12.1 Å². The van der Waals surface area contributed by atoms with Crippen molar-refractivity contribution in [3.8, 4) is 5.75 Å². The van der Waals surface area contributed by atoms with Crippen molar-refractivity contribution in [2.45, 2.75) is 18.9 Å². The molecular weight excluding hydrogens is 270 g/mol. The number of hydrogen-bond donors (Lipinski definition) is 2. The number of nitrogens with zero attached hydrogens (tertiary/aromatic N) is 1. The number of hydrogen-bond acceptors (Lipinski definition) is 4. The molecular formula is C16H21NO4. The molecule has 0 amide bonds. The molecule has 1 saturated heterocycles. The molecule has 1 aromatic carbocycles. The number of benzene rings is 1. The molecule has 1 aliphatic heterocycles. The van der Waals surface area contributed by atoms with Crippen molar-refractivity contribution in [1.82, 2.24) is 4.90 Å². The van der Waals surface area contributed by atoms with Crippen LogP contribution in [0.15, 0.2) is 30.3 Å². The van der Waals surface area contributed by atoms with Gasteiger partial charge in [-0.25, -0.2) is 4.79 Å². The van der Waals surface area contributed by atoms with Crippen molar-refractivity contribution >= 4 is 12.0 Å². The molecule has 0 aromatic heterocycles. The van der Waals surface area contributed by atoms with Crippen molar-refractivity contribution in [2.24, 2.45) is 0 Å². The number of aliphatic carboxylic acids is 1. The SMILES string of the molecule is O=C(O)C=Cc1ccc(OCCN2CCCC2CO)cc1. The zero-order valence-electron chi connectivity index (χ0n) is 11.9. The highest BCUT2D eigenvalue weighted by atomic mass is 16.5. The van der Waals surface area contributed by atoms with Gasteiger partial charge in [0.2, 0.25) is 0 Å². The third-order valence-corrected chi connectivity index (χ3v) is 3.66. The summed E-state index contributed by atoms with van der Waals surface area (Å²) in [5, 5.41) is 17.8. The Morgan fingerprint density at radius 3 is 2.81 bits per heavy atom. The number of rotatable bonds is 7. The van der Waals surface area contributed by atoms with Gasteiger partial charge < -0.3 is 14.9 Å². The summed E-state index contributed by atoms with van der Waals surface area (Å²) in [5.41, 5.74) is 0.824. The first-order valence-corrected chi connectivity index (χ1v) is 7.18. The van der Waals surface area contributed by atoms with Gasteiger partial charge in [0.15, 0.2) is 0 Å². The van der Waals surface area contributed by atoms with Gasteiger partial charge >= 0.3 is 5.97 Å². The molecule has 1 atom stereocenters. The number of ether oxygens (including phenoxy) is 1. The van der Waals surface area contributed by atoms with Crippen molar-refractivity contribution in [3.63, 3.8) is 0 Å². The molecule has 114 valence electrons. The first-order chi connectivity index (χ1) is 10.2. The monoisotopic (exact) mass is 291 g/mol. The molecule has 2 rings (SSSR count). The van der Waals surface area contributed by atoms with Crippen LogP contribution < -0.4 is 4.74 Å². The summed E-state index contributed by atoms with van der Waals surface area (Å²) < 4.78 is 5.68. The molecule has 0 spiro atoms. The Labute approximate surface area is 124 Å². The molecule has 0 saturated carbocycles. The predicted molar refractivity (Wildman–Crippen MR) is 80.3 cm³/mol. The van der Waals surface area contributed by atoms with E-state index in [9.17, 15) is 9.90 Å². The van der Waals surface area contributed by atoms with Gasteiger partial charge in [-0.2, -0.15) is 0 Å². The van der Waals surface area contributed by atoms with Crippen LogP contribution in [-0.4, -0.2) is 53.4 Å². The molecule has 2 N–H and O–H groups in total. The zero-order valence-corrected chi connectivity index (χ0v) is 11.9. The highest BCUT2D eigenvalue weighted by Gasteiger charge is 2.22. The Bertz CT molecular complexity index is 484. The summed E-state index contributed by atoms with van der Waals surface area (Å²) in [5.74, 6) is -0.193. The smallest absolute Gasteiger partial charge is 0.328 e. The Morgan fingerprint density at radius 1 is 1.38 bits per heavy atom. The fraction of sp³-hybridized carbons (Fsp3) is 0.438. The van der Waals surface area contributed by atoms with Crippen molar-refractivity contribution < 1.29 is 19.7 Å². The normalized spacial score (nSPS) is 19.2. The molecule has 1 aromatic rings. The van der Waals surface area contributed by atoms with Crippen molar-refractivity contribution in [2.75, 3.05) is 26.3 Å². The topological polar surface area (TPSA) is 70.0 Å². The van der Waals surface area contributed by atoms with Crippen LogP contribution in [0, 0.1) is 0 Å². The molecule has 5 heteroatoms. The van der Waals surface area contributed by atoms with Crippen LogP contribution in [0.2, 0.25) is 0 Å². The standard InChI is InChI=1S/C16H21NO4/c18-12-14-2-1-9-17(14)10-11-21-15-6-3-13(4-7-15)5-8-16(19)20/h3-8,14,18H,1-2,9-12H2,(H,19,20). The number of aliphatic hydroxyl groups is 1. The number of carboxylic acid groups (broad SMARTS) is 1. The first kappa shape index (κ1) is 15.5. The maximum absolute atomic E-state index is 10.4. The third-order valence-electron chi connectivity index (χ3n) is 3.66. The van der Waals surface area contributed by atoms with Gasteiger partial charge in [-0.05, 0) is 43.2 Å². The molecule has 0 bridgehead atoms. The van der Waals surface area contributed by atoms with Gasteiger partial charge in [0, 0.05) is 18.7 Å². The average molecular weight is 291 g/mol. The van der Waals surface area contributed by atoms with E-state index >= 15 is 0 Å². The molecule has 5 nitrogen and oxygen atoms in total. The van der Waals surface area contributed by atoms with Gasteiger partial charge in [-0.3, -0.25) is 4.90 Å². The van der Waals surface area contributed by atoms with E-state index in [0.717, 1.165) is 43.3 Å². The summed E-state index contributed by atoms with van der Waals surface area (Å²) in [4.78, 5) is 12.7. The van der Waals surface area contributed by atoms with Crippen LogP contribution in [0.1, 0.15) is 18.4 Å². The second kappa shape index (κ2) is 7.81. The van der Waals surface area contributed by atoms with E-state index in [0.29, 0.717) is 6.61 Å². The zero-order chi connectivity index (χ0) is 15.1.